The van der Waals surface area contributed by atoms with Crippen LogP contribution in [-0.2, 0) is 0 Å². The van der Waals surface area contributed by atoms with E-state index in [4.69, 9.17) is 9.47 Å². The van der Waals surface area contributed by atoms with E-state index in [1.807, 2.05) is 42.5 Å². The first kappa shape index (κ1) is 13.6. The van der Waals surface area contributed by atoms with Crippen LogP contribution in [0.1, 0.15) is 5.56 Å². The summed E-state index contributed by atoms with van der Waals surface area (Å²) in [5.74, 6) is 1.50. The highest BCUT2D eigenvalue weighted by molar-refractivity contribution is 9.10. The molecule has 0 N–H and O–H groups in total. The summed E-state index contributed by atoms with van der Waals surface area (Å²) in [4.78, 5) is 4.42. The molecule has 0 aliphatic rings. The normalized spacial score (nSPS) is 10.7. The number of benzene rings is 2. The van der Waals surface area contributed by atoms with Crippen LogP contribution in [0.25, 0.3) is 0 Å². The van der Waals surface area contributed by atoms with Crippen molar-refractivity contribution in [3.05, 3.63) is 52.5 Å². The molecule has 3 nitrogen and oxygen atoms in total. The molecular formula is C15H14BrNO2. The van der Waals surface area contributed by atoms with Crippen LogP contribution in [0.5, 0.6) is 11.5 Å². The summed E-state index contributed by atoms with van der Waals surface area (Å²) in [7, 11) is 3.26. The van der Waals surface area contributed by atoms with Crippen molar-refractivity contribution < 1.29 is 9.47 Å². The Bertz CT molecular complexity index is 579. The third-order valence-electron chi connectivity index (χ3n) is 2.62. The van der Waals surface area contributed by atoms with Crippen LogP contribution in [0.4, 0.5) is 5.69 Å². The van der Waals surface area contributed by atoms with E-state index in [1.54, 1.807) is 20.4 Å². The lowest BCUT2D eigenvalue weighted by molar-refractivity contribution is 0.394. The average molecular weight is 320 g/mol. The molecule has 0 radical (unpaired) electrons. The van der Waals surface area contributed by atoms with E-state index in [2.05, 4.69) is 20.9 Å². The van der Waals surface area contributed by atoms with Crippen molar-refractivity contribution in [3.8, 4) is 11.5 Å². The number of halogens is 1. The summed E-state index contributed by atoms with van der Waals surface area (Å²) in [5.41, 5.74) is 1.80. The first-order chi connectivity index (χ1) is 9.22. The minimum atomic E-state index is 0.736. The number of aliphatic imine (C=N–C) groups is 1. The predicted octanol–water partition coefficient (Wildman–Crippen LogP) is 4.22. The topological polar surface area (TPSA) is 30.8 Å². The van der Waals surface area contributed by atoms with Crippen LogP contribution in [-0.4, -0.2) is 20.4 Å². The maximum atomic E-state index is 5.32. The summed E-state index contributed by atoms with van der Waals surface area (Å²) in [6, 6.07) is 13.4. The molecule has 0 aliphatic heterocycles. The van der Waals surface area contributed by atoms with E-state index in [0.717, 1.165) is 27.2 Å². The van der Waals surface area contributed by atoms with Gasteiger partial charge in [0.1, 0.15) is 11.5 Å². The van der Waals surface area contributed by atoms with Crippen LogP contribution in [0.2, 0.25) is 0 Å². The monoisotopic (exact) mass is 319 g/mol. The molecule has 0 aromatic heterocycles. The number of hydrogen-bond acceptors (Lipinski definition) is 3. The zero-order chi connectivity index (χ0) is 13.7. The van der Waals surface area contributed by atoms with Gasteiger partial charge in [0.05, 0.1) is 19.9 Å². The van der Waals surface area contributed by atoms with Gasteiger partial charge in [-0.1, -0.05) is 15.9 Å². The van der Waals surface area contributed by atoms with Gasteiger partial charge in [0.25, 0.3) is 0 Å². The van der Waals surface area contributed by atoms with E-state index in [1.165, 1.54) is 0 Å². The Morgan fingerprint density at radius 1 is 1.00 bits per heavy atom. The molecule has 0 unspecified atom stereocenters. The average Bonchev–Trinajstić information content (AvgIpc) is 2.46. The Labute approximate surface area is 121 Å². The minimum Gasteiger partial charge on any atom is -0.497 e. The molecule has 0 heterocycles. The van der Waals surface area contributed by atoms with Crippen LogP contribution < -0.4 is 9.47 Å². The van der Waals surface area contributed by atoms with Crippen molar-refractivity contribution in [1.82, 2.24) is 0 Å². The van der Waals surface area contributed by atoms with E-state index in [9.17, 15) is 0 Å². The van der Waals surface area contributed by atoms with Gasteiger partial charge < -0.3 is 9.47 Å². The molecular weight excluding hydrogens is 306 g/mol. The summed E-state index contributed by atoms with van der Waals surface area (Å²) in [5, 5.41) is 0. The number of rotatable bonds is 4. The molecule has 0 bridgehead atoms. The quantitative estimate of drug-likeness (QED) is 0.790. The lowest BCUT2D eigenvalue weighted by Crippen LogP contribution is -1.92. The number of hydrogen-bond donors (Lipinski definition) is 0. The molecule has 4 heteroatoms. The van der Waals surface area contributed by atoms with Crippen molar-refractivity contribution in [1.29, 1.82) is 0 Å². The molecule has 0 spiro atoms. The van der Waals surface area contributed by atoms with Gasteiger partial charge in [-0.05, 0) is 36.4 Å². The SMILES string of the molecule is COc1ccc(C=Nc2ccc(Br)cc2)c(OC)c1. The molecule has 0 atom stereocenters. The maximum absolute atomic E-state index is 5.32. The van der Waals surface area contributed by atoms with E-state index < -0.39 is 0 Å². The van der Waals surface area contributed by atoms with Gasteiger partial charge in [-0.2, -0.15) is 0 Å². The van der Waals surface area contributed by atoms with Gasteiger partial charge in [0, 0.05) is 22.3 Å². The Morgan fingerprint density at radius 3 is 2.37 bits per heavy atom. The van der Waals surface area contributed by atoms with Gasteiger partial charge in [-0.3, -0.25) is 4.99 Å². The fraction of sp³-hybridized carbons (Fsp3) is 0.133. The Kier molecular flexibility index (Phi) is 4.58. The Balaban J connectivity index is 2.25. The summed E-state index contributed by atoms with van der Waals surface area (Å²) in [6.45, 7) is 0. The van der Waals surface area contributed by atoms with E-state index in [0.29, 0.717) is 0 Å². The molecule has 0 amide bonds. The highest BCUT2D eigenvalue weighted by atomic mass is 79.9. The number of methoxy groups -OCH3 is 2. The number of ether oxygens (including phenoxy) is 2. The summed E-state index contributed by atoms with van der Waals surface area (Å²) in [6.07, 6.45) is 1.78. The fourth-order valence-corrected chi connectivity index (χ4v) is 1.86. The molecule has 0 aliphatic carbocycles. The zero-order valence-electron chi connectivity index (χ0n) is 10.8. The third kappa shape index (κ3) is 3.58. The first-order valence-electron chi connectivity index (χ1n) is 5.74. The van der Waals surface area contributed by atoms with Crippen molar-refractivity contribution in [2.45, 2.75) is 0 Å². The molecule has 19 heavy (non-hydrogen) atoms. The lowest BCUT2D eigenvalue weighted by Gasteiger charge is -2.06. The van der Waals surface area contributed by atoms with Gasteiger partial charge in [0.2, 0.25) is 0 Å². The molecule has 0 saturated carbocycles. The Morgan fingerprint density at radius 2 is 1.74 bits per heavy atom. The van der Waals surface area contributed by atoms with E-state index in [-0.39, 0.29) is 0 Å². The predicted molar refractivity (Wildman–Crippen MR) is 80.9 cm³/mol. The lowest BCUT2D eigenvalue weighted by atomic mass is 10.2. The Hall–Kier alpha value is -1.81. The van der Waals surface area contributed by atoms with Crippen molar-refractivity contribution in [2.24, 2.45) is 4.99 Å². The third-order valence-corrected chi connectivity index (χ3v) is 3.15. The van der Waals surface area contributed by atoms with E-state index >= 15 is 0 Å². The highest BCUT2D eigenvalue weighted by Gasteiger charge is 2.02. The summed E-state index contributed by atoms with van der Waals surface area (Å²) < 4.78 is 11.5. The molecule has 0 fully saturated rings. The van der Waals surface area contributed by atoms with Crippen molar-refractivity contribution >= 4 is 27.8 Å². The molecule has 2 aromatic carbocycles. The second kappa shape index (κ2) is 6.38. The largest absolute Gasteiger partial charge is 0.497 e. The standard InChI is InChI=1S/C15H14BrNO2/c1-18-14-8-3-11(15(9-14)19-2)10-17-13-6-4-12(16)5-7-13/h3-10H,1-2H3. The van der Waals surface area contributed by atoms with Crippen LogP contribution in [0.3, 0.4) is 0 Å². The van der Waals surface area contributed by atoms with Crippen LogP contribution in [0, 0.1) is 0 Å². The van der Waals surface area contributed by atoms with Crippen molar-refractivity contribution in [2.75, 3.05) is 14.2 Å². The molecule has 98 valence electrons. The molecule has 2 aromatic rings. The first-order valence-corrected chi connectivity index (χ1v) is 6.54. The van der Waals surface area contributed by atoms with Crippen LogP contribution in [0.15, 0.2) is 51.9 Å². The zero-order valence-corrected chi connectivity index (χ0v) is 12.3. The highest BCUT2D eigenvalue weighted by Crippen LogP contribution is 2.24. The molecule has 0 saturated heterocycles. The van der Waals surface area contributed by atoms with Gasteiger partial charge in [-0.25, -0.2) is 0 Å². The summed E-state index contributed by atoms with van der Waals surface area (Å²) >= 11 is 3.39. The molecule has 2 rings (SSSR count). The second-order valence-electron chi connectivity index (χ2n) is 3.84. The smallest absolute Gasteiger partial charge is 0.131 e. The second-order valence-corrected chi connectivity index (χ2v) is 4.76. The maximum Gasteiger partial charge on any atom is 0.131 e. The van der Waals surface area contributed by atoms with Crippen molar-refractivity contribution in [3.63, 3.8) is 0 Å². The van der Waals surface area contributed by atoms with Gasteiger partial charge in [0.15, 0.2) is 0 Å². The fourth-order valence-electron chi connectivity index (χ4n) is 1.60. The van der Waals surface area contributed by atoms with Crippen LogP contribution >= 0.6 is 15.9 Å². The van der Waals surface area contributed by atoms with Gasteiger partial charge >= 0.3 is 0 Å². The minimum absolute atomic E-state index is 0.736. The van der Waals surface area contributed by atoms with Gasteiger partial charge in [-0.15, -0.1) is 0 Å². The number of nitrogens with zero attached hydrogens (tertiary/aromatic N) is 1.